The van der Waals surface area contributed by atoms with E-state index in [0.717, 1.165) is 5.56 Å². The third-order valence-corrected chi connectivity index (χ3v) is 7.22. The molecule has 1 heterocycles. The van der Waals surface area contributed by atoms with E-state index in [1.807, 2.05) is 12.1 Å². The lowest BCUT2D eigenvalue weighted by atomic mass is 9.65. The van der Waals surface area contributed by atoms with E-state index in [1.54, 1.807) is 13.2 Å². The molecular weight excluding hydrogens is 376 g/mol. The number of hydrogen-bond acceptors (Lipinski definition) is 7. The Kier molecular flexibility index (Phi) is 4.88. The van der Waals surface area contributed by atoms with Crippen molar-refractivity contribution in [2.75, 3.05) is 28.1 Å². The van der Waals surface area contributed by atoms with Gasteiger partial charge < -0.3 is 28.8 Å². The van der Waals surface area contributed by atoms with Crippen LogP contribution in [0.1, 0.15) is 31.2 Å². The number of aliphatic hydroxyl groups is 1. The maximum Gasteiger partial charge on any atom is 0.231 e. The molecule has 4 rings (SSSR count). The van der Waals surface area contributed by atoms with Crippen LogP contribution in [0.25, 0.3) is 0 Å². The van der Waals surface area contributed by atoms with E-state index in [0.29, 0.717) is 23.7 Å². The molecule has 7 heteroatoms. The molecule has 0 aromatic heterocycles. The molecule has 1 N–H and O–H groups in total. The van der Waals surface area contributed by atoms with Crippen LogP contribution < -0.4 is 14.2 Å². The standard InChI is InChI=1S/C22H28O7/c1-6-7-21-10-14(23)19(26-4)22(27-5,20(21)24)17(12(21)2)13-8-15(25-3)18-16(9-13)28-11-29-18/h6,8-9,12,17,19-20,24H,1,7,10-11H2,2-5H3. The summed E-state index contributed by atoms with van der Waals surface area (Å²) in [5.74, 6) is 1.18. The largest absolute Gasteiger partial charge is 0.493 e. The summed E-state index contributed by atoms with van der Waals surface area (Å²) in [5, 5.41) is 11.6. The molecule has 2 fully saturated rings. The van der Waals surface area contributed by atoms with E-state index in [4.69, 9.17) is 23.7 Å². The van der Waals surface area contributed by atoms with Crippen molar-refractivity contribution in [1.82, 2.24) is 0 Å². The van der Waals surface area contributed by atoms with E-state index >= 15 is 0 Å². The number of carbonyl (C=O) groups excluding carboxylic acids is 1. The van der Waals surface area contributed by atoms with Crippen molar-refractivity contribution < 1.29 is 33.6 Å². The summed E-state index contributed by atoms with van der Waals surface area (Å²) >= 11 is 0. The number of methoxy groups -OCH3 is 3. The third kappa shape index (κ3) is 2.44. The molecule has 2 saturated carbocycles. The Balaban J connectivity index is 1.95. The fraction of sp³-hybridized carbons (Fsp3) is 0.591. The van der Waals surface area contributed by atoms with Gasteiger partial charge in [-0.1, -0.05) is 13.0 Å². The topological polar surface area (TPSA) is 83.5 Å². The molecule has 1 aromatic carbocycles. The van der Waals surface area contributed by atoms with Gasteiger partial charge in [-0.05, 0) is 30.0 Å². The Bertz CT molecular complexity index is 837. The van der Waals surface area contributed by atoms with Crippen LogP contribution in [0.2, 0.25) is 0 Å². The van der Waals surface area contributed by atoms with Gasteiger partial charge in [-0.2, -0.15) is 0 Å². The predicted octanol–water partition coefficient (Wildman–Crippen LogP) is 2.45. The second kappa shape index (κ2) is 7.00. The van der Waals surface area contributed by atoms with Gasteiger partial charge in [-0.3, -0.25) is 4.79 Å². The maximum absolute atomic E-state index is 13.1. The lowest BCUT2D eigenvalue weighted by Gasteiger charge is -2.48. The quantitative estimate of drug-likeness (QED) is 0.729. The first kappa shape index (κ1) is 20.2. The Hall–Kier alpha value is -2.09. The molecule has 2 bridgehead atoms. The molecule has 0 radical (unpaired) electrons. The Morgan fingerprint density at radius 3 is 2.69 bits per heavy atom. The number of ether oxygens (including phenoxy) is 5. The molecule has 3 aliphatic rings. The number of rotatable bonds is 6. The van der Waals surface area contributed by atoms with E-state index in [1.165, 1.54) is 14.2 Å². The molecule has 0 amide bonds. The lowest BCUT2D eigenvalue weighted by molar-refractivity contribution is -0.205. The summed E-state index contributed by atoms with van der Waals surface area (Å²) in [6.45, 7) is 6.04. The normalized spacial score (nSPS) is 37.6. The van der Waals surface area contributed by atoms with Crippen molar-refractivity contribution >= 4 is 5.78 Å². The number of fused-ring (bicyclic) bond motifs is 3. The van der Waals surface area contributed by atoms with Gasteiger partial charge in [0.2, 0.25) is 12.5 Å². The van der Waals surface area contributed by atoms with Crippen LogP contribution in [0.3, 0.4) is 0 Å². The van der Waals surface area contributed by atoms with Crippen LogP contribution in [0, 0.1) is 11.3 Å². The van der Waals surface area contributed by atoms with E-state index in [2.05, 4.69) is 13.5 Å². The minimum Gasteiger partial charge on any atom is -0.493 e. The summed E-state index contributed by atoms with van der Waals surface area (Å²) in [5.41, 5.74) is -1.06. The molecule has 158 valence electrons. The van der Waals surface area contributed by atoms with Gasteiger partial charge in [0.15, 0.2) is 17.3 Å². The Labute approximate surface area is 170 Å². The van der Waals surface area contributed by atoms with Gasteiger partial charge in [-0.25, -0.2) is 0 Å². The minimum atomic E-state index is -1.23. The Morgan fingerprint density at radius 1 is 1.31 bits per heavy atom. The van der Waals surface area contributed by atoms with Gasteiger partial charge in [0.1, 0.15) is 11.7 Å². The van der Waals surface area contributed by atoms with Gasteiger partial charge in [0.25, 0.3) is 0 Å². The number of allylic oxidation sites excluding steroid dienone is 1. The second-order valence-corrected chi connectivity index (χ2v) is 8.17. The smallest absolute Gasteiger partial charge is 0.231 e. The summed E-state index contributed by atoms with van der Waals surface area (Å²) in [7, 11) is 4.58. The zero-order chi connectivity index (χ0) is 21.0. The van der Waals surface area contributed by atoms with Crippen LogP contribution >= 0.6 is 0 Å². The van der Waals surface area contributed by atoms with Crippen molar-refractivity contribution in [3.05, 3.63) is 30.4 Å². The van der Waals surface area contributed by atoms with Crippen LogP contribution in [0.15, 0.2) is 24.8 Å². The first-order chi connectivity index (χ1) is 13.9. The molecule has 1 aliphatic heterocycles. The average Bonchev–Trinajstić information content (AvgIpc) is 3.23. The molecule has 29 heavy (non-hydrogen) atoms. The van der Waals surface area contributed by atoms with Gasteiger partial charge >= 0.3 is 0 Å². The summed E-state index contributed by atoms with van der Waals surface area (Å²) in [6, 6.07) is 3.76. The van der Waals surface area contributed by atoms with Crippen LogP contribution in [0.5, 0.6) is 17.2 Å². The molecule has 0 spiro atoms. The molecule has 2 aliphatic carbocycles. The highest BCUT2D eigenvalue weighted by molar-refractivity contribution is 5.88. The monoisotopic (exact) mass is 404 g/mol. The molecule has 6 atom stereocenters. The highest BCUT2D eigenvalue weighted by Crippen LogP contribution is 2.66. The Morgan fingerprint density at radius 2 is 2.07 bits per heavy atom. The number of aliphatic hydroxyl groups excluding tert-OH is 1. The van der Waals surface area contributed by atoms with E-state index < -0.39 is 23.2 Å². The van der Waals surface area contributed by atoms with Gasteiger partial charge in [-0.15, -0.1) is 6.58 Å². The predicted molar refractivity (Wildman–Crippen MR) is 104 cm³/mol. The lowest BCUT2D eigenvalue weighted by Crippen LogP contribution is -2.64. The van der Waals surface area contributed by atoms with Crippen LogP contribution in [0.4, 0.5) is 0 Å². The summed E-state index contributed by atoms with van der Waals surface area (Å²) < 4.78 is 28.3. The summed E-state index contributed by atoms with van der Waals surface area (Å²) in [6.07, 6.45) is 0.691. The van der Waals surface area contributed by atoms with Crippen molar-refractivity contribution in [2.24, 2.45) is 11.3 Å². The number of benzene rings is 1. The number of carbonyl (C=O) groups is 1. The number of Topliss-reactive ketones (excluding diaryl/α,β-unsaturated/α-hetero) is 1. The second-order valence-electron chi connectivity index (χ2n) is 8.17. The fourth-order valence-electron chi connectivity index (χ4n) is 6.00. The van der Waals surface area contributed by atoms with Crippen molar-refractivity contribution in [3.8, 4) is 17.2 Å². The average molecular weight is 404 g/mol. The molecule has 0 saturated heterocycles. The molecule has 1 aromatic rings. The first-order valence-corrected chi connectivity index (χ1v) is 9.78. The van der Waals surface area contributed by atoms with Crippen molar-refractivity contribution in [1.29, 1.82) is 0 Å². The third-order valence-electron chi connectivity index (χ3n) is 7.22. The van der Waals surface area contributed by atoms with Crippen LogP contribution in [-0.4, -0.2) is 56.8 Å². The van der Waals surface area contributed by atoms with E-state index in [9.17, 15) is 9.90 Å². The van der Waals surface area contributed by atoms with Gasteiger partial charge in [0.05, 0.1) is 13.2 Å². The highest BCUT2D eigenvalue weighted by atomic mass is 16.7. The van der Waals surface area contributed by atoms with E-state index in [-0.39, 0.29) is 30.8 Å². The van der Waals surface area contributed by atoms with Crippen LogP contribution in [-0.2, 0) is 14.3 Å². The number of ketones is 1. The molecule has 7 nitrogen and oxygen atoms in total. The highest BCUT2D eigenvalue weighted by Gasteiger charge is 2.74. The first-order valence-electron chi connectivity index (χ1n) is 9.78. The zero-order valence-electron chi connectivity index (χ0n) is 17.3. The van der Waals surface area contributed by atoms with Crippen molar-refractivity contribution in [2.45, 2.75) is 43.5 Å². The van der Waals surface area contributed by atoms with Crippen molar-refractivity contribution in [3.63, 3.8) is 0 Å². The zero-order valence-corrected chi connectivity index (χ0v) is 17.3. The SMILES string of the molecule is C=CCC12CC(=O)C(OC)C(OC)(C(c3cc(OC)c4c(c3)OCO4)C1C)C2O. The number of hydrogen-bond donors (Lipinski definition) is 1. The molecular formula is C22H28O7. The fourth-order valence-corrected chi connectivity index (χ4v) is 6.00. The maximum atomic E-state index is 13.1. The van der Waals surface area contributed by atoms with Gasteiger partial charge in [0, 0.05) is 32.0 Å². The molecule has 6 unspecified atom stereocenters. The summed E-state index contributed by atoms with van der Waals surface area (Å²) in [4.78, 5) is 13.1. The minimum absolute atomic E-state index is 0.0661.